The predicted octanol–water partition coefficient (Wildman–Crippen LogP) is 6.41. The molecule has 0 aliphatic rings. The molecule has 10 nitrogen and oxygen atoms in total. The molecule has 4 aromatic rings. The molecule has 0 radical (unpaired) electrons. The summed E-state index contributed by atoms with van der Waals surface area (Å²) >= 11 is 6.12. The lowest BCUT2D eigenvalue weighted by atomic mass is 10.0. The Morgan fingerprint density at radius 2 is 1.76 bits per heavy atom. The number of halogens is 1. The van der Waals surface area contributed by atoms with Gasteiger partial charge in [-0.15, -0.1) is 5.11 Å². The number of hydrogen-bond acceptors (Lipinski definition) is 8. The molecule has 0 fully saturated rings. The van der Waals surface area contributed by atoms with Crippen molar-refractivity contribution in [3.63, 3.8) is 0 Å². The van der Waals surface area contributed by atoms with Crippen molar-refractivity contribution in [1.29, 1.82) is 0 Å². The van der Waals surface area contributed by atoms with E-state index in [2.05, 4.69) is 20.4 Å². The van der Waals surface area contributed by atoms with Crippen LogP contribution in [-0.2, 0) is 21.6 Å². The van der Waals surface area contributed by atoms with E-state index in [4.69, 9.17) is 16.9 Å². The first-order chi connectivity index (χ1) is 17.6. The first kappa shape index (κ1) is 26.2. The quantitative estimate of drug-likeness (QED) is 0.0910. The Hall–Kier alpha value is -3.87. The zero-order chi connectivity index (χ0) is 26.7. The number of nitrogens with one attached hydrogen (secondary N) is 1. The van der Waals surface area contributed by atoms with E-state index in [-0.39, 0.29) is 45.1 Å². The summed E-state index contributed by atoms with van der Waals surface area (Å²) in [4.78, 5) is 16.7. The highest BCUT2D eigenvalue weighted by Crippen LogP contribution is 2.43. The molecule has 0 unspecified atom stereocenters. The van der Waals surface area contributed by atoms with Crippen molar-refractivity contribution < 1.29 is 33.0 Å². The molecule has 4 aromatic carbocycles. The first-order valence-corrected chi connectivity index (χ1v) is 12.5. The average molecular weight is 542 g/mol. The standard InChI is InChI=1S/C25H20ClN3O7S/c1-14-10-16-11-17(37(33,34)35)12-21(27-25(31)18-7-3-4-8-19(18)26)22(16)24(30)23(14)29-28-20-9-5-2-6-15(20)13-36-32/h2-12,30,32H,13H2,1H3,(H,27,31)(H,33,34,35). The van der Waals surface area contributed by atoms with Gasteiger partial charge in [-0.1, -0.05) is 41.9 Å². The summed E-state index contributed by atoms with van der Waals surface area (Å²) < 4.78 is 33.5. The second-order valence-electron chi connectivity index (χ2n) is 7.97. The van der Waals surface area contributed by atoms with E-state index >= 15 is 0 Å². The maximum absolute atomic E-state index is 12.9. The maximum Gasteiger partial charge on any atom is 0.294 e. The van der Waals surface area contributed by atoms with E-state index in [0.717, 1.165) is 12.1 Å². The monoisotopic (exact) mass is 541 g/mol. The summed E-state index contributed by atoms with van der Waals surface area (Å²) in [5.74, 6) is -1.05. The third-order valence-electron chi connectivity index (χ3n) is 5.48. The van der Waals surface area contributed by atoms with Crippen LogP contribution in [0.25, 0.3) is 10.8 Å². The van der Waals surface area contributed by atoms with Crippen molar-refractivity contribution in [3.8, 4) is 5.75 Å². The number of aromatic hydroxyl groups is 1. The van der Waals surface area contributed by atoms with E-state index in [1.807, 2.05) is 0 Å². The van der Waals surface area contributed by atoms with E-state index in [1.54, 1.807) is 43.3 Å². The molecule has 37 heavy (non-hydrogen) atoms. The number of rotatable bonds is 7. The number of anilines is 1. The fourth-order valence-electron chi connectivity index (χ4n) is 3.73. The molecule has 4 N–H and O–H groups in total. The van der Waals surface area contributed by atoms with Gasteiger partial charge < -0.3 is 10.4 Å². The Balaban J connectivity index is 1.88. The Kier molecular flexibility index (Phi) is 7.52. The molecular weight excluding hydrogens is 522 g/mol. The topological polar surface area (TPSA) is 158 Å². The number of aryl methyl sites for hydroxylation is 1. The third-order valence-corrected chi connectivity index (χ3v) is 6.64. The maximum atomic E-state index is 12.9. The van der Waals surface area contributed by atoms with Gasteiger partial charge in [0, 0.05) is 10.9 Å². The van der Waals surface area contributed by atoms with E-state index in [1.165, 1.54) is 18.2 Å². The summed E-state index contributed by atoms with van der Waals surface area (Å²) in [6, 6.07) is 16.7. The van der Waals surface area contributed by atoms with Crippen molar-refractivity contribution in [2.24, 2.45) is 10.2 Å². The minimum absolute atomic E-state index is 0.0556. The molecule has 0 aromatic heterocycles. The Morgan fingerprint density at radius 3 is 2.46 bits per heavy atom. The summed E-state index contributed by atoms with van der Waals surface area (Å²) in [6.07, 6.45) is 0. The van der Waals surface area contributed by atoms with E-state index in [0.29, 0.717) is 16.8 Å². The van der Waals surface area contributed by atoms with Gasteiger partial charge in [0.1, 0.15) is 12.3 Å². The van der Waals surface area contributed by atoms with Crippen molar-refractivity contribution in [2.75, 3.05) is 5.32 Å². The number of azo groups is 1. The van der Waals surface area contributed by atoms with E-state index < -0.39 is 20.9 Å². The highest BCUT2D eigenvalue weighted by Gasteiger charge is 2.21. The van der Waals surface area contributed by atoms with Crippen molar-refractivity contribution in [2.45, 2.75) is 18.4 Å². The van der Waals surface area contributed by atoms with Gasteiger partial charge >= 0.3 is 0 Å². The lowest BCUT2D eigenvalue weighted by Gasteiger charge is -2.15. The second-order valence-corrected chi connectivity index (χ2v) is 9.80. The molecule has 0 aliphatic heterocycles. The summed E-state index contributed by atoms with van der Waals surface area (Å²) in [5.41, 5.74) is 1.42. The summed E-state index contributed by atoms with van der Waals surface area (Å²) in [6.45, 7) is 1.49. The summed E-state index contributed by atoms with van der Waals surface area (Å²) in [7, 11) is -4.65. The normalized spacial score (nSPS) is 11.8. The van der Waals surface area contributed by atoms with Crippen LogP contribution in [0, 0.1) is 6.92 Å². The smallest absolute Gasteiger partial charge is 0.294 e. The lowest BCUT2D eigenvalue weighted by Crippen LogP contribution is -2.13. The van der Waals surface area contributed by atoms with Crippen LogP contribution in [-0.4, -0.2) is 29.2 Å². The first-order valence-electron chi connectivity index (χ1n) is 10.7. The van der Waals surface area contributed by atoms with Crippen LogP contribution in [0.5, 0.6) is 5.75 Å². The van der Waals surface area contributed by atoms with Crippen molar-refractivity contribution in [3.05, 3.63) is 88.4 Å². The highest BCUT2D eigenvalue weighted by molar-refractivity contribution is 7.85. The number of carbonyl (C=O) groups is 1. The van der Waals surface area contributed by atoms with Crippen LogP contribution in [0.15, 0.2) is 81.9 Å². The van der Waals surface area contributed by atoms with Gasteiger partial charge in [0.2, 0.25) is 0 Å². The number of fused-ring (bicyclic) bond motifs is 1. The fourth-order valence-corrected chi connectivity index (χ4v) is 4.50. The number of nitrogens with zero attached hydrogens (tertiary/aromatic N) is 2. The van der Waals surface area contributed by atoms with Gasteiger partial charge in [-0.2, -0.15) is 13.5 Å². The van der Waals surface area contributed by atoms with Crippen LogP contribution in [0.3, 0.4) is 0 Å². The van der Waals surface area contributed by atoms with Crippen LogP contribution in [0.1, 0.15) is 21.5 Å². The van der Waals surface area contributed by atoms with Crippen LogP contribution < -0.4 is 5.32 Å². The number of benzene rings is 4. The minimum atomic E-state index is -4.65. The lowest BCUT2D eigenvalue weighted by molar-refractivity contribution is -0.252. The Morgan fingerprint density at radius 1 is 1.05 bits per heavy atom. The molecule has 4 rings (SSSR count). The molecule has 190 valence electrons. The molecule has 0 heterocycles. The molecule has 12 heteroatoms. The summed E-state index contributed by atoms with van der Waals surface area (Å²) in [5, 5.41) is 31.3. The highest BCUT2D eigenvalue weighted by atomic mass is 35.5. The van der Waals surface area contributed by atoms with Gasteiger partial charge in [-0.25, -0.2) is 4.89 Å². The molecular formula is C25H20ClN3O7S. The molecule has 0 saturated carbocycles. The molecule has 1 amide bonds. The molecule has 0 spiro atoms. The molecule has 0 saturated heterocycles. The van der Waals surface area contributed by atoms with Crippen LogP contribution in [0.4, 0.5) is 17.1 Å². The zero-order valence-electron chi connectivity index (χ0n) is 19.2. The largest absolute Gasteiger partial charge is 0.505 e. The Labute approximate surface area is 216 Å². The molecule has 0 bridgehead atoms. The number of phenolic OH excluding ortho intramolecular Hbond substituents is 1. The number of carbonyl (C=O) groups excluding carboxylic acids is 1. The molecule has 0 atom stereocenters. The van der Waals surface area contributed by atoms with Crippen molar-refractivity contribution >= 4 is 55.5 Å². The van der Waals surface area contributed by atoms with Gasteiger partial charge in [-0.3, -0.25) is 14.6 Å². The van der Waals surface area contributed by atoms with E-state index in [9.17, 15) is 22.9 Å². The number of hydrogen-bond donors (Lipinski definition) is 4. The minimum Gasteiger partial charge on any atom is -0.505 e. The van der Waals surface area contributed by atoms with Gasteiger partial charge in [-0.05, 0) is 54.3 Å². The van der Waals surface area contributed by atoms with Gasteiger partial charge in [0.25, 0.3) is 16.0 Å². The third kappa shape index (κ3) is 5.61. The zero-order valence-corrected chi connectivity index (χ0v) is 20.8. The van der Waals surface area contributed by atoms with Crippen LogP contribution >= 0.6 is 11.6 Å². The predicted molar refractivity (Wildman–Crippen MR) is 138 cm³/mol. The number of phenols is 1. The van der Waals surface area contributed by atoms with Crippen molar-refractivity contribution in [1.82, 2.24) is 0 Å². The Bertz CT molecular complexity index is 1660. The SMILES string of the molecule is Cc1cc2cc(S(=O)(=O)O)cc(NC(=O)c3ccccc3Cl)c2c(O)c1N=Nc1ccccc1COO. The average Bonchev–Trinajstić information content (AvgIpc) is 2.84. The number of amides is 1. The second kappa shape index (κ2) is 10.6. The fraction of sp³-hybridized carbons (Fsp3) is 0.0800. The van der Waals surface area contributed by atoms with Gasteiger partial charge in [0.15, 0.2) is 5.75 Å². The van der Waals surface area contributed by atoms with Crippen LogP contribution in [0.2, 0.25) is 5.02 Å². The molecule has 0 aliphatic carbocycles. The van der Waals surface area contributed by atoms with Gasteiger partial charge in [0.05, 0.1) is 26.9 Å².